The average Bonchev–Trinajstić information content (AvgIpc) is 2.44. The summed E-state index contributed by atoms with van der Waals surface area (Å²) in [5.41, 5.74) is 0.200. The monoisotopic (exact) mass is 279 g/mol. The van der Waals surface area contributed by atoms with Crippen LogP contribution >= 0.6 is 0 Å². The van der Waals surface area contributed by atoms with Gasteiger partial charge in [0.25, 0.3) is 5.69 Å². The molecule has 108 valence electrons. The zero-order chi connectivity index (χ0) is 15.1. The van der Waals surface area contributed by atoms with Crippen LogP contribution in [0.2, 0.25) is 0 Å². The number of Topliss-reactive ketones (excluding diaryl/α,β-unsaturated/α-hetero) is 1. The Morgan fingerprint density at radius 2 is 2.05 bits per heavy atom. The molecular weight excluding hydrogens is 262 g/mol. The quantitative estimate of drug-likeness (QED) is 0.435. The number of rotatable bonds is 7. The van der Waals surface area contributed by atoms with Gasteiger partial charge in [0.2, 0.25) is 0 Å². The maximum atomic E-state index is 11.7. The number of benzene rings is 1. The molecule has 6 heteroatoms. The lowest BCUT2D eigenvalue weighted by atomic mass is 10.0. The minimum Gasteiger partial charge on any atom is -0.465 e. The molecule has 1 aromatic rings. The molecule has 0 aliphatic carbocycles. The first-order chi connectivity index (χ1) is 9.49. The van der Waals surface area contributed by atoms with Crippen LogP contribution in [0.1, 0.15) is 42.1 Å². The smallest absolute Gasteiger partial charge is 0.338 e. The first-order valence-corrected chi connectivity index (χ1v) is 6.37. The van der Waals surface area contributed by atoms with Gasteiger partial charge in [-0.2, -0.15) is 0 Å². The number of ketones is 1. The lowest BCUT2D eigenvalue weighted by molar-refractivity contribution is -0.385. The summed E-state index contributed by atoms with van der Waals surface area (Å²) < 4.78 is 4.52. The minimum absolute atomic E-state index is 0.0117. The highest BCUT2D eigenvalue weighted by atomic mass is 16.6. The van der Waals surface area contributed by atoms with Gasteiger partial charge < -0.3 is 4.74 Å². The van der Waals surface area contributed by atoms with E-state index in [1.807, 2.05) is 6.92 Å². The number of hydrogen-bond acceptors (Lipinski definition) is 5. The topological polar surface area (TPSA) is 86.5 Å². The third kappa shape index (κ3) is 4.15. The number of hydrogen-bond donors (Lipinski definition) is 0. The Kier molecular flexibility index (Phi) is 5.83. The molecule has 0 atom stereocenters. The van der Waals surface area contributed by atoms with Gasteiger partial charge in [-0.3, -0.25) is 14.9 Å². The van der Waals surface area contributed by atoms with Crippen LogP contribution in [0.3, 0.4) is 0 Å². The fourth-order valence-corrected chi connectivity index (χ4v) is 1.80. The number of carbonyl (C=O) groups is 2. The van der Waals surface area contributed by atoms with Gasteiger partial charge in [0.15, 0.2) is 0 Å². The van der Waals surface area contributed by atoms with Crippen molar-refractivity contribution in [1.29, 1.82) is 0 Å². The highest BCUT2D eigenvalue weighted by Gasteiger charge is 2.19. The molecule has 6 nitrogen and oxygen atoms in total. The van der Waals surface area contributed by atoms with E-state index in [-0.39, 0.29) is 23.5 Å². The third-order valence-corrected chi connectivity index (χ3v) is 2.90. The average molecular weight is 279 g/mol. The van der Waals surface area contributed by atoms with Crippen LogP contribution in [0.15, 0.2) is 18.2 Å². The van der Waals surface area contributed by atoms with Crippen molar-refractivity contribution in [2.45, 2.75) is 32.6 Å². The number of nitro groups is 1. The predicted molar refractivity (Wildman–Crippen MR) is 72.7 cm³/mol. The second kappa shape index (κ2) is 7.37. The zero-order valence-electron chi connectivity index (χ0n) is 11.5. The van der Waals surface area contributed by atoms with E-state index in [0.717, 1.165) is 18.9 Å². The van der Waals surface area contributed by atoms with Crippen LogP contribution in [0.5, 0.6) is 0 Å². The van der Waals surface area contributed by atoms with Crippen LogP contribution in [0.25, 0.3) is 0 Å². The molecule has 0 radical (unpaired) electrons. The highest BCUT2D eigenvalue weighted by Crippen LogP contribution is 2.22. The number of methoxy groups -OCH3 is 1. The van der Waals surface area contributed by atoms with Gasteiger partial charge >= 0.3 is 5.97 Å². The van der Waals surface area contributed by atoms with E-state index >= 15 is 0 Å². The Morgan fingerprint density at radius 3 is 2.60 bits per heavy atom. The molecule has 0 spiro atoms. The Morgan fingerprint density at radius 1 is 1.35 bits per heavy atom. The van der Waals surface area contributed by atoms with Gasteiger partial charge in [0.05, 0.1) is 17.6 Å². The van der Waals surface area contributed by atoms with Gasteiger partial charge in [0, 0.05) is 24.5 Å². The predicted octanol–water partition coefficient (Wildman–Crippen LogP) is 2.68. The zero-order valence-corrected chi connectivity index (χ0v) is 11.5. The van der Waals surface area contributed by atoms with Crippen molar-refractivity contribution in [2.24, 2.45) is 0 Å². The van der Waals surface area contributed by atoms with E-state index < -0.39 is 10.9 Å². The van der Waals surface area contributed by atoms with Gasteiger partial charge in [0.1, 0.15) is 5.78 Å². The summed E-state index contributed by atoms with van der Waals surface area (Å²) >= 11 is 0. The molecule has 0 aliphatic rings. The molecule has 0 N–H and O–H groups in total. The van der Waals surface area contributed by atoms with Crippen LogP contribution < -0.4 is 0 Å². The molecule has 0 bridgehead atoms. The Balaban J connectivity index is 2.99. The van der Waals surface area contributed by atoms with Crippen molar-refractivity contribution in [1.82, 2.24) is 0 Å². The molecule has 0 amide bonds. The molecule has 1 aromatic carbocycles. The van der Waals surface area contributed by atoms with E-state index in [9.17, 15) is 19.7 Å². The molecular formula is C14H17NO5. The van der Waals surface area contributed by atoms with Crippen molar-refractivity contribution >= 4 is 17.4 Å². The summed E-state index contributed by atoms with van der Waals surface area (Å²) in [6, 6.07) is 4.02. The normalized spacial score (nSPS) is 10.1. The second-order valence-corrected chi connectivity index (χ2v) is 4.41. The van der Waals surface area contributed by atoms with Gasteiger partial charge in [-0.15, -0.1) is 0 Å². The SMILES string of the molecule is CCCCC(=O)Cc1ccc(C(=O)OC)cc1[N+](=O)[O-]. The van der Waals surface area contributed by atoms with Crippen LogP contribution in [0, 0.1) is 10.1 Å². The molecule has 0 saturated heterocycles. The standard InChI is InChI=1S/C14H17NO5/c1-3-4-5-12(16)8-10-6-7-11(14(17)20-2)9-13(10)15(18)19/h6-7,9H,3-5,8H2,1-2H3. The summed E-state index contributed by atoms with van der Waals surface area (Å²) in [4.78, 5) is 33.5. The number of nitro benzene ring substituents is 1. The summed E-state index contributed by atoms with van der Waals surface area (Å²) in [5, 5.41) is 11.0. The first-order valence-electron chi connectivity index (χ1n) is 6.37. The number of unbranched alkanes of at least 4 members (excludes halogenated alkanes) is 1. The summed E-state index contributed by atoms with van der Waals surface area (Å²) in [7, 11) is 1.20. The maximum absolute atomic E-state index is 11.7. The number of ether oxygens (including phenoxy) is 1. The van der Waals surface area contributed by atoms with Crippen molar-refractivity contribution in [3.63, 3.8) is 0 Å². The van der Waals surface area contributed by atoms with Crippen molar-refractivity contribution < 1.29 is 19.2 Å². The number of esters is 1. The van der Waals surface area contributed by atoms with Crippen molar-refractivity contribution in [2.75, 3.05) is 7.11 Å². The number of nitrogens with zero attached hydrogens (tertiary/aromatic N) is 1. The fraction of sp³-hybridized carbons (Fsp3) is 0.429. The van der Waals surface area contributed by atoms with E-state index in [1.165, 1.54) is 19.2 Å². The van der Waals surface area contributed by atoms with E-state index in [4.69, 9.17) is 0 Å². The summed E-state index contributed by atoms with van der Waals surface area (Å²) in [6.07, 6.45) is 2.09. The van der Waals surface area contributed by atoms with Gasteiger partial charge in [-0.1, -0.05) is 19.4 Å². The minimum atomic E-state index is -0.642. The summed E-state index contributed by atoms with van der Waals surface area (Å²) in [5.74, 6) is -0.683. The Labute approximate surface area is 116 Å². The molecule has 0 aliphatic heterocycles. The summed E-state index contributed by atoms with van der Waals surface area (Å²) in [6.45, 7) is 1.97. The molecule has 1 rings (SSSR count). The molecule has 20 heavy (non-hydrogen) atoms. The van der Waals surface area contributed by atoms with E-state index in [0.29, 0.717) is 12.0 Å². The molecule has 0 heterocycles. The molecule has 0 saturated carbocycles. The van der Waals surface area contributed by atoms with Gasteiger partial charge in [-0.05, 0) is 12.5 Å². The van der Waals surface area contributed by atoms with E-state index in [1.54, 1.807) is 0 Å². The molecule has 0 unspecified atom stereocenters. The van der Waals surface area contributed by atoms with E-state index in [2.05, 4.69) is 4.74 Å². The second-order valence-electron chi connectivity index (χ2n) is 4.41. The molecule has 0 aromatic heterocycles. The van der Waals surface area contributed by atoms with Crippen LogP contribution in [-0.4, -0.2) is 23.8 Å². The molecule has 0 fully saturated rings. The maximum Gasteiger partial charge on any atom is 0.338 e. The highest BCUT2D eigenvalue weighted by molar-refractivity contribution is 5.90. The fourth-order valence-electron chi connectivity index (χ4n) is 1.80. The third-order valence-electron chi connectivity index (χ3n) is 2.90. The van der Waals surface area contributed by atoms with Crippen molar-refractivity contribution in [3.05, 3.63) is 39.4 Å². The first kappa shape index (κ1) is 15.8. The van der Waals surface area contributed by atoms with Crippen LogP contribution in [0.4, 0.5) is 5.69 Å². The van der Waals surface area contributed by atoms with Crippen molar-refractivity contribution in [3.8, 4) is 0 Å². The largest absolute Gasteiger partial charge is 0.465 e. The van der Waals surface area contributed by atoms with Crippen LogP contribution in [-0.2, 0) is 16.0 Å². The van der Waals surface area contributed by atoms with Gasteiger partial charge in [-0.25, -0.2) is 4.79 Å². The lowest BCUT2D eigenvalue weighted by Gasteiger charge is -2.05. The Bertz CT molecular complexity index is 524. The lowest BCUT2D eigenvalue weighted by Crippen LogP contribution is -2.07. The Hall–Kier alpha value is -2.24. The number of carbonyl (C=O) groups excluding carboxylic acids is 2.